The van der Waals surface area contributed by atoms with E-state index >= 15 is 0 Å². The zero-order chi connectivity index (χ0) is 8.72. The zero-order valence-electron chi connectivity index (χ0n) is 6.15. The lowest BCUT2D eigenvalue weighted by Crippen LogP contribution is -2.37. The Bertz CT molecular complexity index is 419. The highest BCUT2D eigenvalue weighted by Crippen LogP contribution is 2.18. The summed E-state index contributed by atoms with van der Waals surface area (Å²) < 4.78 is 1.20. The summed E-state index contributed by atoms with van der Waals surface area (Å²) in [6.45, 7) is 0.367. The Morgan fingerprint density at radius 3 is 3.08 bits per heavy atom. The monoisotopic (exact) mass is 169 g/mol. The van der Waals surface area contributed by atoms with Crippen LogP contribution in [0.4, 0.5) is 0 Å². The van der Waals surface area contributed by atoms with E-state index in [-0.39, 0.29) is 5.82 Å². The van der Waals surface area contributed by atoms with E-state index < -0.39 is 17.2 Å². The van der Waals surface area contributed by atoms with E-state index in [4.69, 9.17) is 0 Å². The molecule has 6 nitrogen and oxygen atoms in total. The standard InChI is InChI=1S/C6H7N3O3/c10-3-1-2-9-4(3)7-8-5(11)6(9)12/h3,10H,1-2H2,(H,8,11)/t3-/m0/s1. The summed E-state index contributed by atoms with van der Waals surface area (Å²) in [6, 6.07) is 0. The maximum Gasteiger partial charge on any atom is 0.330 e. The average Bonchev–Trinajstić information content (AvgIpc) is 2.41. The molecule has 2 N–H and O–H groups in total. The molecule has 0 unspecified atom stereocenters. The second-order valence-corrected chi connectivity index (χ2v) is 2.67. The molecule has 6 heteroatoms. The van der Waals surface area contributed by atoms with Crippen LogP contribution in [0.3, 0.4) is 0 Å². The van der Waals surface area contributed by atoms with Gasteiger partial charge in [-0.3, -0.25) is 14.2 Å². The van der Waals surface area contributed by atoms with Gasteiger partial charge in [0.1, 0.15) is 6.10 Å². The van der Waals surface area contributed by atoms with Gasteiger partial charge in [0.15, 0.2) is 5.82 Å². The third kappa shape index (κ3) is 0.814. The Morgan fingerprint density at radius 2 is 2.33 bits per heavy atom. The molecular formula is C6H7N3O3. The van der Waals surface area contributed by atoms with E-state index in [2.05, 4.69) is 5.10 Å². The van der Waals surface area contributed by atoms with Crippen molar-refractivity contribution in [2.75, 3.05) is 0 Å². The highest BCUT2D eigenvalue weighted by molar-refractivity contribution is 4.97. The number of aromatic amines is 1. The van der Waals surface area contributed by atoms with Gasteiger partial charge >= 0.3 is 11.1 Å². The van der Waals surface area contributed by atoms with Crippen molar-refractivity contribution in [2.45, 2.75) is 19.1 Å². The number of aromatic nitrogens is 3. The normalized spacial score (nSPS) is 20.9. The van der Waals surface area contributed by atoms with E-state index in [0.29, 0.717) is 13.0 Å². The largest absolute Gasteiger partial charge is 0.385 e. The van der Waals surface area contributed by atoms with Gasteiger partial charge in [0, 0.05) is 6.54 Å². The lowest BCUT2D eigenvalue weighted by molar-refractivity contribution is 0.174. The van der Waals surface area contributed by atoms with Gasteiger partial charge in [-0.05, 0) is 6.42 Å². The van der Waals surface area contributed by atoms with Crippen molar-refractivity contribution < 1.29 is 5.11 Å². The fourth-order valence-corrected chi connectivity index (χ4v) is 1.29. The molecule has 1 aliphatic heterocycles. The van der Waals surface area contributed by atoms with E-state index in [0.717, 1.165) is 0 Å². The van der Waals surface area contributed by atoms with Crippen molar-refractivity contribution in [1.82, 2.24) is 14.8 Å². The maximum absolute atomic E-state index is 11.1. The van der Waals surface area contributed by atoms with Gasteiger partial charge in [0.25, 0.3) is 0 Å². The number of hydrogen-bond acceptors (Lipinski definition) is 4. The predicted molar refractivity (Wildman–Crippen MR) is 38.7 cm³/mol. The highest BCUT2D eigenvalue weighted by Gasteiger charge is 2.23. The Morgan fingerprint density at radius 1 is 1.58 bits per heavy atom. The number of rotatable bonds is 0. The topological polar surface area (TPSA) is 88.0 Å². The first kappa shape index (κ1) is 7.23. The number of H-pyrrole nitrogens is 1. The number of aliphatic hydroxyl groups is 1. The molecular weight excluding hydrogens is 162 g/mol. The molecule has 0 saturated heterocycles. The van der Waals surface area contributed by atoms with Gasteiger partial charge < -0.3 is 5.11 Å². The number of fused-ring (bicyclic) bond motifs is 1. The fraction of sp³-hybridized carbons (Fsp3) is 0.500. The number of nitrogens with one attached hydrogen (secondary N) is 1. The minimum Gasteiger partial charge on any atom is -0.385 e. The lowest BCUT2D eigenvalue weighted by atomic mass is 10.3. The van der Waals surface area contributed by atoms with Crippen molar-refractivity contribution in [3.05, 3.63) is 26.5 Å². The van der Waals surface area contributed by atoms with E-state index in [1.54, 1.807) is 0 Å². The van der Waals surface area contributed by atoms with Crippen LogP contribution in [0.25, 0.3) is 0 Å². The summed E-state index contributed by atoms with van der Waals surface area (Å²) in [5.41, 5.74) is -1.38. The number of aliphatic hydroxyl groups excluding tert-OH is 1. The lowest BCUT2D eigenvalue weighted by Gasteiger charge is -1.99. The van der Waals surface area contributed by atoms with Crippen LogP contribution in [0.15, 0.2) is 9.59 Å². The number of nitrogens with zero attached hydrogens (tertiary/aromatic N) is 2. The van der Waals surface area contributed by atoms with Crippen LogP contribution >= 0.6 is 0 Å². The molecule has 1 aromatic rings. The summed E-state index contributed by atoms with van der Waals surface area (Å²) in [4.78, 5) is 21.8. The molecule has 0 spiro atoms. The summed E-state index contributed by atoms with van der Waals surface area (Å²) in [5, 5.41) is 14.9. The molecule has 0 aliphatic carbocycles. The summed E-state index contributed by atoms with van der Waals surface area (Å²) in [5.74, 6) is 0.250. The zero-order valence-corrected chi connectivity index (χ0v) is 6.15. The second-order valence-electron chi connectivity index (χ2n) is 2.67. The van der Waals surface area contributed by atoms with Crippen molar-refractivity contribution in [3.8, 4) is 0 Å². The van der Waals surface area contributed by atoms with Gasteiger partial charge in [-0.1, -0.05) is 0 Å². The van der Waals surface area contributed by atoms with Crippen LogP contribution in [0.5, 0.6) is 0 Å². The Labute approximate surface area is 66.5 Å². The summed E-state index contributed by atoms with van der Waals surface area (Å²) in [6.07, 6.45) is -0.283. The van der Waals surface area contributed by atoms with Gasteiger partial charge in [-0.25, -0.2) is 5.10 Å². The summed E-state index contributed by atoms with van der Waals surface area (Å²) in [7, 11) is 0. The van der Waals surface area contributed by atoms with Crippen LogP contribution in [0.2, 0.25) is 0 Å². The molecule has 0 aromatic carbocycles. The molecule has 0 saturated carbocycles. The molecule has 0 fully saturated rings. The van der Waals surface area contributed by atoms with Crippen molar-refractivity contribution in [2.24, 2.45) is 0 Å². The molecule has 1 aromatic heterocycles. The molecule has 0 bridgehead atoms. The van der Waals surface area contributed by atoms with E-state index in [1.165, 1.54) is 4.57 Å². The Balaban J connectivity index is 2.77. The van der Waals surface area contributed by atoms with Crippen LogP contribution in [0, 0.1) is 0 Å². The molecule has 2 heterocycles. The van der Waals surface area contributed by atoms with Crippen LogP contribution < -0.4 is 11.1 Å². The maximum atomic E-state index is 11.1. The number of hydrogen-bond donors (Lipinski definition) is 2. The van der Waals surface area contributed by atoms with Gasteiger partial charge in [0.05, 0.1) is 0 Å². The first-order chi connectivity index (χ1) is 5.70. The van der Waals surface area contributed by atoms with Gasteiger partial charge in [0.2, 0.25) is 0 Å². The van der Waals surface area contributed by atoms with Crippen LogP contribution in [-0.2, 0) is 6.54 Å². The van der Waals surface area contributed by atoms with Crippen molar-refractivity contribution in [1.29, 1.82) is 0 Å². The van der Waals surface area contributed by atoms with Gasteiger partial charge in [-0.15, -0.1) is 0 Å². The predicted octanol–water partition coefficient (Wildman–Crippen LogP) is -1.63. The minimum absolute atomic E-state index is 0.250. The molecule has 2 rings (SSSR count). The molecule has 12 heavy (non-hydrogen) atoms. The quantitative estimate of drug-likeness (QED) is 0.456. The van der Waals surface area contributed by atoms with Crippen molar-refractivity contribution in [3.63, 3.8) is 0 Å². The molecule has 64 valence electrons. The average molecular weight is 169 g/mol. The molecule has 1 atom stereocenters. The highest BCUT2D eigenvalue weighted by atomic mass is 16.3. The first-order valence-electron chi connectivity index (χ1n) is 3.57. The first-order valence-corrected chi connectivity index (χ1v) is 3.57. The molecule has 0 amide bonds. The van der Waals surface area contributed by atoms with Crippen LogP contribution in [-0.4, -0.2) is 19.9 Å². The van der Waals surface area contributed by atoms with E-state index in [1.807, 2.05) is 5.10 Å². The molecule has 1 aliphatic rings. The Hall–Kier alpha value is -1.43. The van der Waals surface area contributed by atoms with Gasteiger partial charge in [-0.2, -0.15) is 5.10 Å². The smallest absolute Gasteiger partial charge is 0.330 e. The second kappa shape index (κ2) is 2.28. The van der Waals surface area contributed by atoms with Crippen molar-refractivity contribution >= 4 is 0 Å². The van der Waals surface area contributed by atoms with E-state index in [9.17, 15) is 14.7 Å². The third-order valence-electron chi connectivity index (χ3n) is 1.91. The minimum atomic E-state index is -0.743. The van der Waals surface area contributed by atoms with Crippen LogP contribution in [0.1, 0.15) is 18.3 Å². The SMILES string of the molecule is O=c1[nH]nc2n(c1=O)CC[C@@H]2O. The Kier molecular flexibility index (Phi) is 1.37. The fourth-order valence-electron chi connectivity index (χ4n) is 1.29. The third-order valence-corrected chi connectivity index (χ3v) is 1.91. The molecule has 0 radical (unpaired) electrons. The summed E-state index contributed by atoms with van der Waals surface area (Å²) >= 11 is 0.